The second-order valence-corrected chi connectivity index (χ2v) is 5.82. The number of carboxylic acid groups (broad SMARTS) is 2. The molecule has 0 spiro atoms. The largest absolute Gasteiger partial charge is 0.497 e. The number of nitrogens with one attached hydrogen (secondary N) is 1. The molecule has 0 aliphatic rings. The van der Waals surface area contributed by atoms with E-state index in [0.717, 1.165) is 0 Å². The number of amides is 1. The van der Waals surface area contributed by atoms with Crippen molar-refractivity contribution >= 4 is 23.5 Å². The number of benzene rings is 2. The van der Waals surface area contributed by atoms with Crippen LogP contribution in [0.15, 0.2) is 48.5 Å². The Morgan fingerprint density at radius 1 is 1.07 bits per heavy atom. The average Bonchev–Trinajstić information content (AvgIpc) is 2.68. The normalized spacial score (nSPS) is 12.6. The van der Waals surface area contributed by atoms with Crippen molar-refractivity contribution in [2.75, 3.05) is 12.4 Å². The predicted octanol–water partition coefficient (Wildman–Crippen LogP) is 1.33. The summed E-state index contributed by atoms with van der Waals surface area (Å²) in [5.74, 6) is -2.76. The third-order valence-electron chi connectivity index (χ3n) is 3.80. The Bertz CT molecular complexity index is 869. The first-order chi connectivity index (χ1) is 13.3. The number of ether oxygens (including phenoxy) is 2. The second kappa shape index (κ2) is 9.49. The lowest BCUT2D eigenvalue weighted by molar-refractivity contribution is -0.159. The molecular weight excluding hydrogens is 368 g/mol. The number of anilines is 1. The molecule has 5 N–H and O–H groups in total. The molecule has 2 atom stereocenters. The molecule has 2 aromatic rings. The number of hydrogen-bond donors (Lipinski definition) is 4. The van der Waals surface area contributed by atoms with E-state index in [9.17, 15) is 14.4 Å². The van der Waals surface area contributed by atoms with Crippen molar-refractivity contribution in [1.29, 1.82) is 0 Å². The van der Waals surface area contributed by atoms with Crippen LogP contribution in [-0.4, -0.2) is 47.3 Å². The smallest absolute Gasteiger partial charge is 0.335 e. The highest BCUT2D eigenvalue weighted by molar-refractivity contribution is 6.04. The van der Waals surface area contributed by atoms with Gasteiger partial charge in [0.25, 0.3) is 5.91 Å². The number of aliphatic carboxylic acids is 2. The van der Waals surface area contributed by atoms with Crippen LogP contribution in [0.4, 0.5) is 5.69 Å². The van der Waals surface area contributed by atoms with Crippen molar-refractivity contribution < 1.29 is 34.1 Å². The molecule has 0 aromatic heterocycles. The zero-order valence-electron chi connectivity index (χ0n) is 15.0. The van der Waals surface area contributed by atoms with Crippen LogP contribution in [0.3, 0.4) is 0 Å². The van der Waals surface area contributed by atoms with E-state index in [1.54, 1.807) is 48.5 Å². The Hall–Kier alpha value is -3.43. The van der Waals surface area contributed by atoms with Crippen LogP contribution in [0.25, 0.3) is 0 Å². The van der Waals surface area contributed by atoms with Gasteiger partial charge in [-0.3, -0.25) is 9.59 Å². The quantitative estimate of drug-likeness (QED) is 0.503. The van der Waals surface area contributed by atoms with Crippen molar-refractivity contribution in [2.45, 2.75) is 18.8 Å². The molecule has 0 saturated heterocycles. The Labute approximate surface area is 160 Å². The van der Waals surface area contributed by atoms with E-state index in [-0.39, 0.29) is 12.5 Å². The molecule has 0 aliphatic carbocycles. The van der Waals surface area contributed by atoms with Crippen LogP contribution in [-0.2, 0) is 20.9 Å². The van der Waals surface area contributed by atoms with E-state index in [2.05, 4.69) is 5.32 Å². The van der Waals surface area contributed by atoms with Crippen LogP contribution >= 0.6 is 0 Å². The highest BCUT2D eigenvalue weighted by Crippen LogP contribution is 2.17. The van der Waals surface area contributed by atoms with Crippen LogP contribution in [0.2, 0.25) is 0 Å². The van der Waals surface area contributed by atoms with Gasteiger partial charge < -0.3 is 30.7 Å². The highest BCUT2D eigenvalue weighted by Gasteiger charge is 2.31. The van der Waals surface area contributed by atoms with Gasteiger partial charge >= 0.3 is 11.9 Å². The van der Waals surface area contributed by atoms with Gasteiger partial charge in [-0.25, -0.2) is 4.79 Å². The molecule has 0 saturated carbocycles. The maximum absolute atomic E-state index is 12.4. The lowest BCUT2D eigenvalue weighted by atomic mass is 10.1. The number of carboxylic acids is 2. The number of nitrogens with two attached hydrogens (primary N) is 1. The fourth-order valence-corrected chi connectivity index (χ4v) is 2.35. The van der Waals surface area contributed by atoms with Crippen molar-refractivity contribution in [3.63, 3.8) is 0 Å². The second-order valence-electron chi connectivity index (χ2n) is 5.82. The maximum Gasteiger partial charge on any atom is 0.335 e. The average molecular weight is 388 g/mol. The minimum absolute atomic E-state index is 0.194. The maximum atomic E-state index is 12.4. The molecule has 0 unspecified atom stereocenters. The lowest BCUT2D eigenvalue weighted by Crippen LogP contribution is -2.47. The Morgan fingerprint density at radius 2 is 1.79 bits per heavy atom. The summed E-state index contributed by atoms with van der Waals surface area (Å²) in [6, 6.07) is 11.5. The van der Waals surface area contributed by atoms with E-state index < -0.39 is 24.1 Å². The minimum Gasteiger partial charge on any atom is -0.497 e. The molecule has 0 aliphatic heterocycles. The van der Waals surface area contributed by atoms with Gasteiger partial charge in [-0.05, 0) is 35.9 Å². The number of rotatable bonds is 9. The molecule has 0 heterocycles. The van der Waals surface area contributed by atoms with Crippen molar-refractivity contribution in [2.24, 2.45) is 5.73 Å². The van der Waals surface area contributed by atoms with Crippen LogP contribution < -0.4 is 15.8 Å². The van der Waals surface area contributed by atoms with Crippen molar-refractivity contribution in [3.8, 4) is 5.75 Å². The van der Waals surface area contributed by atoms with E-state index in [0.29, 0.717) is 22.6 Å². The van der Waals surface area contributed by atoms with Crippen LogP contribution in [0.1, 0.15) is 15.9 Å². The fourth-order valence-electron chi connectivity index (χ4n) is 2.35. The summed E-state index contributed by atoms with van der Waals surface area (Å²) in [7, 11) is 1.50. The monoisotopic (exact) mass is 388 g/mol. The molecule has 9 nitrogen and oxygen atoms in total. The number of hydrogen-bond acceptors (Lipinski definition) is 6. The standard InChI is InChI=1S/C19H20N2O7/c1-27-14-7-3-5-12(9-14)17(22)21-13-6-2-4-11(8-13)10-28-16(19(25)26)15(20)18(23)24/h2-9,15-16H,10,20H2,1H3,(H,21,22)(H,23,24)(H,25,26)/t15-,16-/m0/s1. The first-order valence-corrected chi connectivity index (χ1v) is 8.19. The molecule has 0 radical (unpaired) electrons. The summed E-state index contributed by atoms with van der Waals surface area (Å²) < 4.78 is 10.2. The zero-order valence-corrected chi connectivity index (χ0v) is 15.0. The summed E-state index contributed by atoms with van der Waals surface area (Å²) in [5.41, 5.74) is 6.74. The van der Waals surface area contributed by atoms with Gasteiger partial charge in [0.15, 0.2) is 6.10 Å². The molecule has 2 rings (SSSR count). The molecule has 9 heteroatoms. The van der Waals surface area contributed by atoms with E-state index in [4.69, 9.17) is 25.4 Å². The summed E-state index contributed by atoms with van der Waals surface area (Å²) in [5, 5.41) is 20.7. The fraction of sp³-hybridized carbons (Fsp3) is 0.211. The molecule has 1 amide bonds. The summed E-state index contributed by atoms with van der Waals surface area (Å²) >= 11 is 0. The van der Waals surface area contributed by atoms with Gasteiger partial charge in [0.05, 0.1) is 13.7 Å². The van der Waals surface area contributed by atoms with Gasteiger partial charge in [0, 0.05) is 11.3 Å². The topological polar surface area (TPSA) is 148 Å². The molecule has 2 aromatic carbocycles. The van der Waals surface area contributed by atoms with Crippen molar-refractivity contribution in [1.82, 2.24) is 0 Å². The molecular formula is C19H20N2O7. The SMILES string of the molecule is COc1cccc(C(=O)Nc2cccc(CO[C@H](C(=O)O)[C@H](N)C(=O)O)c2)c1. The Kier molecular flexibility index (Phi) is 7.08. The Balaban J connectivity index is 2.06. The first kappa shape index (κ1) is 20.9. The first-order valence-electron chi connectivity index (χ1n) is 8.19. The highest BCUT2D eigenvalue weighted by atomic mass is 16.5. The third-order valence-corrected chi connectivity index (χ3v) is 3.80. The van der Waals surface area contributed by atoms with Crippen LogP contribution in [0.5, 0.6) is 5.75 Å². The van der Waals surface area contributed by atoms with Crippen LogP contribution in [0, 0.1) is 0 Å². The molecule has 148 valence electrons. The molecule has 0 fully saturated rings. The summed E-state index contributed by atoms with van der Waals surface area (Å²) in [6.45, 7) is -0.194. The zero-order chi connectivity index (χ0) is 20.7. The van der Waals surface area contributed by atoms with E-state index in [1.165, 1.54) is 7.11 Å². The Morgan fingerprint density at radius 3 is 2.43 bits per heavy atom. The molecule has 0 bridgehead atoms. The number of carbonyl (C=O) groups is 3. The minimum atomic E-state index is -1.70. The lowest BCUT2D eigenvalue weighted by Gasteiger charge is -2.17. The van der Waals surface area contributed by atoms with Gasteiger partial charge in [-0.2, -0.15) is 0 Å². The van der Waals surface area contributed by atoms with Gasteiger partial charge in [-0.15, -0.1) is 0 Å². The summed E-state index contributed by atoms with van der Waals surface area (Å²) in [6.07, 6.45) is -1.70. The summed E-state index contributed by atoms with van der Waals surface area (Å²) in [4.78, 5) is 34.4. The van der Waals surface area contributed by atoms with E-state index in [1.807, 2.05) is 0 Å². The third kappa shape index (κ3) is 5.53. The predicted molar refractivity (Wildman–Crippen MR) is 99.2 cm³/mol. The van der Waals surface area contributed by atoms with Crippen molar-refractivity contribution in [3.05, 3.63) is 59.7 Å². The number of methoxy groups -OCH3 is 1. The van der Waals surface area contributed by atoms with Gasteiger partial charge in [0.1, 0.15) is 11.8 Å². The van der Waals surface area contributed by atoms with Gasteiger partial charge in [-0.1, -0.05) is 18.2 Å². The van der Waals surface area contributed by atoms with E-state index >= 15 is 0 Å². The number of carbonyl (C=O) groups excluding carboxylic acids is 1. The molecule has 28 heavy (non-hydrogen) atoms. The van der Waals surface area contributed by atoms with Gasteiger partial charge in [0.2, 0.25) is 0 Å².